The molecular weight excluding hydrogens is 416 g/mol. The maximum atomic E-state index is 13.0. The van der Waals surface area contributed by atoms with Gasteiger partial charge in [-0.05, 0) is 43.4 Å². The van der Waals surface area contributed by atoms with Gasteiger partial charge in [0.1, 0.15) is 0 Å². The summed E-state index contributed by atoms with van der Waals surface area (Å²) in [5.74, 6) is -0.305. The Bertz CT molecular complexity index is 1250. The number of fused-ring (bicyclic) bond motifs is 1. The summed E-state index contributed by atoms with van der Waals surface area (Å²) in [7, 11) is 4.03. The SMILES string of the molecule is CN(C)CC=Cc1ccc(NC(=C2C(=O)Nc3ccc([N+](=O)[O-])cc32)c2ccccc2)cc1. The average Bonchev–Trinajstić information content (AvgIpc) is 3.13. The van der Waals surface area contributed by atoms with Gasteiger partial charge >= 0.3 is 0 Å². The lowest BCUT2D eigenvalue weighted by atomic mass is 9.99. The van der Waals surface area contributed by atoms with Crippen LogP contribution in [-0.2, 0) is 4.79 Å². The average molecular weight is 441 g/mol. The molecule has 3 aromatic carbocycles. The number of rotatable bonds is 7. The molecule has 0 atom stereocenters. The summed E-state index contributed by atoms with van der Waals surface area (Å²) in [5, 5.41) is 17.5. The molecule has 0 fully saturated rings. The van der Waals surface area contributed by atoms with Crippen molar-refractivity contribution in [3.63, 3.8) is 0 Å². The normalized spacial score (nSPS) is 14.3. The standard InChI is InChI=1S/C26H24N4O3/c1-29(2)16-6-7-18-10-12-20(13-11-18)27-25(19-8-4-3-5-9-19)24-22-17-21(30(32)33)14-15-23(22)28-26(24)31/h3-15,17,27H,16H2,1-2H3,(H,28,31). The van der Waals surface area contributed by atoms with Crippen molar-refractivity contribution < 1.29 is 9.72 Å². The van der Waals surface area contributed by atoms with Crippen LogP contribution < -0.4 is 10.6 Å². The summed E-state index contributed by atoms with van der Waals surface area (Å²) in [6, 6.07) is 21.7. The number of amides is 1. The Balaban J connectivity index is 1.75. The van der Waals surface area contributed by atoms with Crippen molar-refractivity contribution in [3.8, 4) is 0 Å². The smallest absolute Gasteiger partial charge is 0.270 e. The molecule has 0 radical (unpaired) electrons. The van der Waals surface area contributed by atoms with E-state index in [1.807, 2.05) is 68.7 Å². The van der Waals surface area contributed by atoms with E-state index in [0.29, 0.717) is 22.5 Å². The highest BCUT2D eigenvalue weighted by molar-refractivity contribution is 6.37. The highest BCUT2D eigenvalue weighted by Crippen LogP contribution is 2.39. The first-order chi connectivity index (χ1) is 15.9. The lowest BCUT2D eigenvalue weighted by Gasteiger charge is -2.15. The number of nitrogens with one attached hydrogen (secondary N) is 2. The van der Waals surface area contributed by atoms with Crippen LogP contribution >= 0.6 is 0 Å². The van der Waals surface area contributed by atoms with Crippen molar-refractivity contribution in [2.75, 3.05) is 31.3 Å². The second-order valence-electron chi connectivity index (χ2n) is 7.97. The summed E-state index contributed by atoms with van der Waals surface area (Å²) in [4.78, 5) is 25.9. The van der Waals surface area contributed by atoms with Crippen LogP contribution in [-0.4, -0.2) is 36.4 Å². The summed E-state index contributed by atoms with van der Waals surface area (Å²) >= 11 is 0. The first-order valence-corrected chi connectivity index (χ1v) is 10.5. The lowest BCUT2D eigenvalue weighted by molar-refractivity contribution is -0.384. The molecule has 0 unspecified atom stereocenters. The third-order valence-electron chi connectivity index (χ3n) is 5.23. The molecule has 7 heteroatoms. The number of benzene rings is 3. The first-order valence-electron chi connectivity index (χ1n) is 10.5. The fraction of sp³-hybridized carbons (Fsp3) is 0.115. The minimum absolute atomic E-state index is 0.0657. The Morgan fingerprint density at radius 2 is 1.79 bits per heavy atom. The van der Waals surface area contributed by atoms with Crippen LogP contribution in [0.5, 0.6) is 0 Å². The quantitative estimate of drug-likeness (QED) is 0.303. The minimum atomic E-state index is -0.459. The molecule has 1 aliphatic rings. The van der Waals surface area contributed by atoms with E-state index in [9.17, 15) is 14.9 Å². The summed E-state index contributed by atoms with van der Waals surface area (Å²) in [6.45, 7) is 0.852. The Morgan fingerprint density at radius 3 is 2.45 bits per heavy atom. The highest BCUT2D eigenvalue weighted by atomic mass is 16.6. The second kappa shape index (κ2) is 9.50. The van der Waals surface area contributed by atoms with E-state index < -0.39 is 4.92 Å². The topological polar surface area (TPSA) is 87.5 Å². The van der Waals surface area contributed by atoms with Gasteiger partial charge in [0.15, 0.2) is 0 Å². The third-order valence-corrected chi connectivity index (χ3v) is 5.23. The van der Waals surface area contributed by atoms with Crippen LogP contribution in [0.1, 0.15) is 16.7 Å². The third kappa shape index (κ3) is 4.99. The van der Waals surface area contributed by atoms with Gasteiger partial charge in [0.25, 0.3) is 11.6 Å². The molecule has 1 aliphatic heterocycles. The second-order valence-corrected chi connectivity index (χ2v) is 7.97. The predicted octanol–water partition coefficient (Wildman–Crippen LogP) is 5.10. The number of hydrogen-bond acceptors (Lipinski definition) is 5. The van der Waals surface area contributed by atoms with Crippen molar-refractivity contribution in [3.05, 3.63) is 106 Å². The molecule has 166 valence electrons. The van der Waals surface area contributed by atoms with E-state index in [-0.39, 0.29) is 11.6 Å². The van der Waals surface area contributed by atoms with Crippen LogP contribution in [0.2, 0.25) is 0 Å². The molecule has 0 saturated carbocycles. The van der Waals surface area contributed by atoms with Gasteiger partial charge in [-0.2, -0.15) is 0 Å². The number of anilines is 2. The molecule has 0 aromatic heterocycles. The van der Waals surface area contributed by atoms with Crippen molar-refractivity contribution in [2.24, 2.45) is 0 Å². The molecule has 3 aromatic rings. The number of likely N-dealkylation sites (N-methyl/N-ethyl adjacent to an activating group) is 1. The highest BCUT2D eigenvalue weighted by Gasteiger charge is 2.30. The molecule has 4 rings (SSSR count). The Labute approximate surface area is 192 Å². The minimum Gasteiger partial charge on any atom is -0.354 e. The molecule has 0 spiro atoms. The first kappa shape index (κ1) is 22.0. The monoisotopic (exact) mass is 440 g/mol. The van der Waals surface area contributed by atoms with Crippen LogP contribution in [0.15, 0.2) is 78.9 Å². The number of carbonyl (C=O) groups is 1. The number of non-ortho nitro benzene ring substituents is 1. The number of nitro benzene ring substituents is 1. The van der Waals surface area contributed by atoms with Gasteiger partial charge in [0.05, 0.1) is 16.2 Å². The zero-order valence-electron chi connectivity index (χ0n) is 18.4. The number of carbonyl (C=O) groups excluding carboxylic acids is 1. The molecule has 0 bridgehead atoms. The lowest BCUT2D eigenvalue weighted by Crippen LogP contribution is -2.10. The number of nitro groups is 1. The van der Waals surface area contributed by atoms with E-state index in [1.165, 1.54) is 12.1 Å². The van der Waals surface area contributed by atoms with Crippen LogP contribution in [0.3, 0.4) is 0 Å². The zero-order chi connectivity index (χ0) is 23.4. The molecule has 33 heavy (non-hydrogen) atoms. The molecular formula is C26H24N4O3. The van der Waals surface area contributed by atoms with Gasteiger partial charge in [0.2, 0.25) is 0 Å². The van der Waals surface area contributed by atoms with Gasteiger partial charge < -0.3 is 15.5 Å². The Morgan fingerprint density at radius 1 is 1.06 bits per heavy atom. The van der Waals surface area contributed by atoms with Crippen molar-refractivity contribution in [1.29, 1.82) is 0 Å². The van der Waals surface area contributed by atoms with E-state index in [2.05, 4.69) is 27.7 Å². The van der Waals surface area contributed by atoms with E-state index in [0.717, 1.165) is 23.4 Å². The zero-order valence-corrected chi connectivity index (χ0v) is 18.4. The summed E-state index contributed by atoms with van der Waals surface area (Å²) in [6.07, 6.45) is 4.15. The molecule has 0 aliphatic carbocycles. The Hall–Kier alpha value is -4.23. The van der Waals surface area contributed by atoms with Crippen LogP contribution in [0.25, 0.3) is 17.3 Å². The van der Waals surface area contributed by atoms with E-state index in [1.54, 1.807) is 6.07 Å². The van der Waals surface area contributed by atoms with E-state index in [4.69, 9.17) is 0 Å². The van der Waals surface area contributed by atoms with Crippen molar-refractivity contribution in [1.82, 2.24) is 4.90 Å². The number of hydrogen-bond donors (Lipinski definition) is 2. The van der Waals surface area contributed by atoms with Crippen molar-refractivity contribution in [2.45, 2.75) is 0 Å². The summed E-state index contributed by atoms with van der Waals surface area (Å²) < 4.78 is 0. The van der Waals surface area contributed by atoms with Gasteiger partial charge in [-0.25, -0.2) is 0 Å². The molecule has 2 N–H and O–H groups in total. The Kier molecular flexibility index (Phi) is 6.33. The molecule has 0 saturated heterocycles. The molecule has 1 amide bonds. The fourth-order valence-corrected chi connectivity index (χ4v) is 3.62. The largest absolute Gasteiger partial charge is 0.354 e. The maximum absolute atomic E-state index is 13.0. The van der Waals surface area contributed by atoms with Gasteiger partial charge in [-0.15, -0.1) is 0 Å². The summed E-state index contributed by atoms with van der Waals surface area (Å²) in [5.41, 5.74) is 4.62. The number of nitrogens with zero attached hydrogens (tertiary/aromatic N) is 2. The maximum Gasteiger partial charge on any atom is 0.270 e. The van der Waals surface area contributed by atoms with Crippen LogP contribution in [0, 0.1) is 10.1 Å². The molecule has 1 heterocycles. The van der Waals surface area contributed by atoms with Gasteiger partial charge in [-0.3, -0.25) is 14.9 Å². The van der Waals surface area contributed by atoms with Gasteiger partial charge in [0, 0.05) is 35.6 Å². The van der Waals surface area contributed by atoms with E-state index >= 15 is 0 Å². The van der Waals surface area contributed by atoms with Gasteiger partial charge in [-0.1, -0.05) is 54.6 Å². The predicted molar refractivity (Wildman–Crippen MR) is 133 cm³/mol. The molecule has 7 nitrogen and oxygen atoms in total. The van der Waals surface area contributed by atoms with Crippen molar-refractivity contribution >= 4 is 40.3 Å². The fourth-order valence-electron chi connectivity index (χ4n) is 3.62. The van der Waals surface area contributed by atoms with Crippen LogP contribution in [0.4, 0.5) is 17.1 Å².